The van der Waals surface area contributed by atoms with Gasteiger partial charge in [-0.1, -0.05) is 18.5 Å². The zero-order valence-corrected chi connectivity index (χ0v) is 10.8. The molecule has 1 aromatic rings. The minimum atomic E-state index is 0.0899. The molecule has 0 radical (unpaired) electrons. The van der Waals surface area contributed by atoms with Crippen LogP contribution >= 0.6 is 11.6 Å². The summed E-state index contributed by atoms with van der Waals surface area (Å²) in [7, 11) is 1.77. The molecule has 2 rings (SSSR count). The molecule has 2 N–H and O–H groups in total. The lowest BCUT2D eigenvalue weighted by Crippen LogP contribution is -2.36. The minimum Gasteiger partial charge on any atom is -0.394 e. The first-order valence-electron chi connectivity index (χ1n) is 5.75. The van der Waals surface area contributed by atoms with Crippen molar-refractivity contribution in [3.05, 3.63) is 11.2 Å². The first kappa shape index (κ1) is 12.4. The fourth-order valence-corrected chi connectivity index (χ4v) is 2.43. The summed E-state index contributed by atoms with van der Waals surface area (Å²) in [5.74, 6) is 1.69. The zero-order valence-electron chi connectivity index (χ0n) is 10.0. The molecule has 6 heteroatoms. The summed E-state index contributed by atoms with van der Waals surface area (Å²) in [6.45, 7) is 3.12. The predicted octanol–water partition coefficient (Wildman–Crippen LogP) is 1.38. The van der Waals surface area contributed by atoms with Gasteiger partial charge in [0.05, 0.1) is 18.8 Å². The highest BCUT2D eigenvalue weighted by atomic mass is 35.5. The largest absolute Gasteiger partial charge is 0.394 e. The molecule has 2 unspecified atom stereocenters. The van der Waals surface area contributed by atoms with Gasteiger partial charge in [0.15, 0.2) is 5.82 Å². The number of nitrogens with one attached hydrogen (secondary N) is 1. The highest BCUT2D eigenvalue weighted by Crippen LogP contribution is 2.32. The molecule has 2 heterocycles. The van der Waals surface area contributed by atoms with Gasteiger partial charge in [0.25, 0.3) is 0 Å². The van der Waals surface area contributed by atoms with E-state index in [9.17, 15) is 5.11 Å². The van der Waals surface area contributed by atoms with Gasteiger partial charge in [0.1, 0.15) is 5.02 Å². The van der Waals surface area contributed by atoms with E-state index in [-0.39, 0.29) is 12.6 Å². The van der Waals surface area contributed by atoms with Crippen molar-refractivity contribution in [2.45, 2.75) is 19.4 Å². The smallest absolute Gasteiger partial charge is 0.224 e. The molecule has 1 aliphatic rings. The van der Waals surface area contributed by atoms with Crippen LogP contribution in [0.25, 0.3) is 0 Å². The van der Waals surface area contributed by atoms with Gasteiger partial charge in [-0.15, -0.1) is 0 Å². The Morgan fingerprint density at radius 2 is 2.41 bits per heavy atom. The van der Waals surface area contributed by atoms with E-state index < -0.39 is 0 Å². The van der Waals surface area contributed by atoms with E-state index in [0.29, 0.717) is 22.7 Å². The molecule has 94 valence electrons. The predicted molar refractivity (Wildman–Crippen MR) is 68.6 cm³/mol. The van der Waals surface area contributed by atoms with Crippen LogP contribution in [0.2, 0.25) is 5.02 Å². The van der Waals surface area contributed by atoms with E-state index in [2.05, 4.69) is 27.1 Å². The van der Waals surface area contributed by atoms with E-state index in [0.717, 1.165) is 13.0 Å². The summed E-state index contributed by atoms with van der Waals surface area (Å²) in [4.78, 5) is 10.5. The topological polar surface area (TPSA) is 61.3 Å². The maximum Gasteiger partial charge on any atom is 0.224 e. The second-order valence-electron chi connectivity index (χ2n) is 4.32. The monoisotopic (exact) mass is 256 g/mol. The van der Waals surface area contributed by atoms with Gasteiger partial charge >= 0.3 is 0 Å². The normalized spacial score (nSPS) is 24.1. The SMILES string of the molecule is CNc1ncc(Cl)c(N2CCC(C)C2CO)n1. The fourth-order valence-electron chi connectivity index (χ4n) is 2.23. The summed E-state index contributed by atoms with van der Waals surface area (Å²) < 4.78 is 0. The molecule has 0 aliphatic carbocycles. The maximum absolute atomic E-state index is 9.44. The summed E-state index contributed by atoms with van der Waals surface area (Å²) >= 11 is 6.13. The average Bonchev–Trinajstić information content (AvgIpc) is 2.71. The van der Waals surface area contributed by atoms with Crippen LogP contribution < -0.4 is 10.2 Å². The molecular weight excluding hydrogens is 240 g/mol. The molecule has 1 saturated heterocycles. The summed E-state index contributed by atoms with van der Waals surface area (Å²) in [6.07, 6.45) is 2.63. The second-order valence-corrected chi connectivity index (χ2v) is 4.73. The minimum absolute atomic E-state index is 0.0899. The van der Waals surface area contributed by atoms with Crippen molar-refractivity contribution >= 4 is 23.4 Å². The molecule has 17 heavy (non-hydrogen) atoms. The summed E-state index contributed by atoms with van der Waals surface area (Å²) in [6, 6.07) is 0.0899. The van der Waals surface area contributed by atoms with Gasteiger partial charge in [-0.05, 0) is 12.3 Å². The maximum atomic E-state index is 9.44. The van der Waals surface area contributed by atoms with Crippen LogP contribution in [-0.2, 0) is 0 Å². The number of aliphatic hydroxyl groups is 1. The molecule has 0 bridgehead atoms. The molecule has 0 saturated carbocycles. The van der Waals surface area contributed by atoms with Crippen LogP contribution in [0, 0.1) is 5.92 Å². The molecule has 1 aromatic heterocycles. The average molecular weight is 257 g/mol. The number of rotatable bonds is 3. The van der Waals surface area contributed by atoms with E-state index in [1.54, 1.807) is 13.2 Å². The standard InChI is InChI=1S/C11H17ClN4O/c1-7-3-4-16(9(7)6-17)10-8(12)5-14-11(13-2)15-10/h5,7,9,17H,3-4,6H2,1-2H3,(H,13,14,15). The van der Waals surface area contributed by atoms with Gasteiger partial charge in [-0.25, -0.2) is 4.98 Å². The summed E-state index contributed by atoms with van der Waals surface area (Å²) in [5, 5.41) is 12.9. The van der Waals surface area contributed by atoms with Crippen LogP contribution in [0.4, 0.5) is 11.8 Å². The number of hydrogen-bond acceptors (Lipinski definition) is 5. The third-order valence-corrected chi connectivity index (χ3v) is 3.56. The van der Waals surface area contributed by atoms with Crippen molar-refractivity contribution in [3.8, 4) is 0 Å². The first-order valence-corrected chi connectivity index (χ1v) is 6.13. The van der Waals surface area contributed by atoms with Crippen molar-refractivity contribution in [1.82, 2.24) is 9.97 Å². The Labute approximate surface area is 106 Å². The Kier molecular flexibility index (Phi) is 3.69. The van der Waals surface area contributed by atoms with Crippen LogP contribution in [-0.4, -0.2) is 41.3 Å². The molecular formula is C11H17ClN4O. The van der Waals surface area contributed by atoms with Crippen LogP contribution in [0.1, 0.15) is 13.3 Å². The van der Waals surface area contributed by atoms with Crippen molar-refractivity contribution in [1.29, 1.82) is 0 Å². The van der Waals surface area contributed by atoms with Crippen molar-refractivity contribution in [3.63, 3.8) is 0 Å². The van der Waals surface area contributed by atoms with Crippen molar-refractivity contribution < 1.29 is 5.11 Å². The lowest BCUT2D eigenvalue weighted by molar-refractivity contribution is 0.244. The van der Waals surface area contributed by atoms with E-state index in [1.807, 2.05) is 0 Å². The first-order chi connectivity index (χ1) is 8.17. The third kappa shape index (κ3) is 2.30. The van der Waals surface area contributed by atoms with E-state index in [4.69, 9.17) is 11.6 Å². The van der Waals surface area contributed by atoms with Gasteiger partial charge in [-0.3, -0.25) is 0 Å². The Morgan fingerprint density at radius 1 is 1.65 bits per heavy atom. The number of aliphatic hydroxyl groups excluding tert-OH is 1. The molecule has 0 spiro atoms. The fraction of sp³-hybridized carbons (Fsp3) is 0.636. The Balaban J connectivity index is 2.32. The number of hydrogen-bond donors (Lipinski definition) is 2. The van der Waals surface area contributed by atoms with Crippen molar-refractivity contribution in [2.75, 3.05) is 30.4 Å². The third-order valence-electron chi connectivity index (χ3n) is 3.29. The Morgan fingerprint density at radius 3 is 3.06 bits per heavy atom. The number of nitrogens with zero attached hydrogens (tertiary/aromatic N) is 3. The molecule has 0 aromatic carbocycles. The Hall–Kier alpha value is -1.07. The van der Waals surface area contributed by atoms with Gasteiger partial charge < -0.3 is 15.3 Å². The molecule has 2 atom stereocenters. The quantitative estimate of drug-likeness (QED) is 0.856. The molecule has 1 aliphatic heterocycles. The van der Waals surface area contributed by atoms with Crippen LogP contribution in [0.15, 0.2) is 6.20 Å². The molecule has 5 nitrogen and oxygen atoms in total. The lowest BCUT2D eigenvalue weighted by atomic mass is 10.0. The van der Waals surface area contributed by atoms with Crippen LogP contribution in [0.3, 0.4) is 0 Å². The Bertz CT molecular complexity index is 401. The molecule has 1 fully saturated rings. The second kappa shape index (κ2) is 5.06. The zero-order chi connectivity index (χ0) is 12.4. The molecule has 0 amide bonds. The number of aromatic nitrogens is 2. The number of anilines is 2. The van der Waals surface area contributed by atoms with Gasteiger partial charge in [0.2, 0.25) is 5.95 Å². The highest BCUT2D eigenvalue weighted by Gasteiger charge is 2.32. The number of halogens is 1. The van der Waals surface area contributed by atoms with Crippen molar-refractivity contribution in [2.24, 2.45) is 5.92 Å². The van der Waals surface area contributed by atoms with Gasteiger partial charge in [0, 0.05) is 13.6 Å². The highest BCUT2D eigenvalue weighted by molar-refractivity contribution is 6.32. The van der Waals surface area contributed by atoms with Crippen LogP contribution in [0.5, 0.6) is 0 Å². The lowest BCUT2D eigenvalue weighted by Gasteiger charge is -2.27. The van der Waals surface area contributed by atoms with E-state index in [1.165, 1.54) is 0 Å². The summed E-state index contributed by atoms with van der Waals surface area (Å²) in [5.41, 5.74) is 0. The van der Waals surface area contributed by atoms with E-state index >= 15 is 0 Å². The van der Waals surface area contributed by atoms with Gasteiger partial charge in [-0.2, -0.15) is 4.98 Å².